The number of rotatable bonds is 15. The average molecular weight is 700 g/mol. The monoisotopic (exact) mass is 698 g/mol. The van der Waals surface area contributed by atoms with Crippen LogP contribution in [0.5, 0.6) is 5.75 Å². The zero-order valence-corrected chi connectivity index (χ0v) is 29.4. The first-order valence-corrected chi connectivity index (χ1v) is 20.1. The summed E-state index contributed by atoms with van der Waals surface area (Å²) in [6.07, 6.45) is 1.97. The maximum atomic E-state index is 14.6. The number of aliphatic hydroxyl groups excluding tert-OH is 2. The molecule has 1 aromatic carbocycles. The largest absolute Gasteiger partial charge is 0.497 e. The Labute approximate surface area is 263 Å². The van der Waals surface area contributed by atoms with Crippen molar-refractivity contribution in [1.29, 1.82) is 0 Å². The third-order valence-corrected chi connectivity index (χ3v) is 11.4. The molecule has 0 saturated heterocycles. The quantitative estimate of drug-likeness (QED) is 0.219. The minimum atomic E-state index is -4.22. The molecule has 238 valence electrons. The number of hydrogen-bond donors (Lipinski definition) is 2. The molecule has 12 nitrogen and oxygen atoms in total. The number of benzene rings is 1. The average Bonchev–Trinajstić information content (AvgIpc) is 3.36. The first kappa shape index (κ1) is 35.1. The Morgan fingerprint density at radius 2 is 1.70 bits per heavy atom. The van der Waals surface area contributed by atoms with E-state index in [9.17, 15) is 18.6 Å². The summed E-state index contributed by atoms with van der Waals surface area (Å²) in [6.45, 7) is 12.7. The molecule has 0 aliphatic rings. The summed E-state index contributed by atoms with van der Waals surface area (Å²) in [5.41, 5.74) is 1.39. The highest BCUT2D eigenvalue weighted by atomic mass is 79.9. The predicted octanol–water partition coefficient (Wildman–Crippen LogP) is 4.37. The number of halogens is 1. The summed E-state index contributed by atoms with van der Waals surface area (Å²) in [7, 11) is -4.45. The van der Waals surface area contributed by atoms with Gasteiger partial charge >= 0.3 is 0 Å². The van der Waals surface area contributed by atoms with Crippen molar-refractivity contribution >= 4 is 40.0 Å². The molecule has 2 aromatic heterocycles. The highest BCUT2D eigenvalue weighted by Crippen LogP contribution is 2.37. The lowest BCUT2D eigenvalue weighted by Gasteiger charge is -2.33. The van der Waals surface area contributed by atoms with E-state index >= 15 is 0 Å². The van der Waals surface area contributed by atoms with Crippen molar-refractivity contribution in [3.8, 4) is 17.1 Å². The van der Waals surface area contributed by atoms with Crippen molar-refractivity contribution in [3.63, 3.8) is 0 Å². The number of sulfonamides is 1. The number of aliphatic hydroxyl groups is 2. The molecular formula is C28H43BrN6O6SSi. The summed E-state index contributed by atoms with van der Waals surface area (Å²) in [5, 5.41) is 28.3. The number of aryl methyl sites for hydroxylation is 1. The van der Waals surface area contributed by atoms with Crippen LogP contribution in [0.25, 0.3) is 11.4 Å². The molecule has 3 aromatic rings. The second-order valence-corrected chi connectivity index (χ2v) is 20.6. The second kappa shape index (κ2) is 14.6. The zero-order valence-electron chi connectivity index (χ0n) is 26.0. The summed E-state index contributed by atoms with van der Waals surface area (Å²) in [6, 6.07) is 4.95. The van der Waals surface area contributed by atoms with Crippen molar-refractivity contribution in [2.45, 2.75) is 76.9 Å². The third-order valence-electron chi connectivity index (χ3n) is 6.84. The molecular weight excluding hydrogens is 656 g/mol. The maximum Gasteiger partial charge on any atom is 0.243 e. The van der Waals surface area contributed by atoms with E-state index in [4.69, 9.17) is 9.47 Å². The molecule has 0 aliphatic heterocycles. The molecule has 2 N–H and O–H groups in total. The molecule has 0 spiro atoms. The second-order valence-electron chi connectivity index (χ2n) is 11.9. The lowest BCUT2D eigenvalue weighted by molar-refractivity contribution is 0.00139. The number of nitrogens with zero attached hydrogens (tertiary/aromatic N) is 6. The number of anilines is 1. The first-order chi connectivity index (χ1) is 20.1. The Kier molecular flexibility index (Phi) is 11.9. The lowest BCUT2D eigenvalue weighted by Crippen LogP contribution is -2.45. The van der Waals surface area contributed by atoms with E-state index in [0.29, 0.717) is 21.8 Å². The summed E-state index contributed by atoms with van der Waals surface area (Å²) >= 11 is 3.54. The molecule has 0 bridgehead atoms. The third kappa shape index (κ3) is 8.39. The Morgan fingerprint density at radius 1 is 1.07 bits per heavy atom. The van der Waals surface area contributed by atoms with E-state index in [1.165, 1.54) is 16.0 Å². The van der Waals surface area contributed by atoms with Crippen LogP contribution in [0.1, 0.15) is 44.3 Å². The van der Waals surface area contributed by atoms with Crippen LogP contribution in [0.4, 0.5) is 5.95 Å². The topological polar surface area (TPSA) is 153 Å². The van der Waals surface area contributed by atoms with Gasteiger partial charge in [0, 0.05) is 37.0 Å². The first-order valence-electron chi connectivity index (χ1n) is 14.1. The Bertz CT molecular complexity index is 1460. The van der Waals surface area contributed by atoms with Crippen molar-refractivity contribution in [2.75, 3.05) is 31.2 Å². The normalized spacial score (nSPS) is 13.9. The van der Waals surface area contributed by atoms with Crippen LogP contribution < -0.4 is 9.04 Å². The molecule has 2 heterocycles. The molecule has 0 amide bonds. The van der Waals surface area contributed by atoms with Gasteiger partial charge in [0.25, 0.3) is 0 Å². The fourth-order valence-corrected chi connectivity index (χ4v) is 7.43. The number of aromatic nitrogens is 5. The van der Waals surface area contributed by atoms with Gasteiger partial charge in [-0.15, -0.1) is 10.2 Å². The van der Waals surface area contributed by atoms with Crippen LogP contribution in [0.2, 0.25) is 25.7 Å². The number of hydrogen-bond acceptors (Lipinski definition) is 10. The highest BCUT2D eigenvalue weighted by molar-refractivity contribution is 9.10. The van der Waals surface area contributed by atoms with E-state index < -0.39 is 48.7 Å². The zero-order chi connectivity index (χ0) is 32.1. The smallest absolute Gasteiger partial charge is 0.243 e. The summed E-state index contributed by atoms with van der Waals surface area (Å²) in [4.78, 5) is 8.79. The standard InChI is InChI=1S/C28H43BrN6O6SSi/c1-18(2)41-25(26-30-14-19(3)15-31-26)20(4)42(38,39)34(11-12-43(6,7)8)28-33-32-27(35(28)21(16-36)17-37)23-13-22(40-5)9-10-24(23)29/h9-10,13-15,18,20-21,25,36-37H,11-12,16-17H2,1-8H3/t20-,25+/m0/s1. The van der Waals surface area contributed by atoms with Crippen molar-refractivity contribution in [3.05, 3.63) is 46.5 Å². The molecule has 0 aliphatic carbocycles. The van der Waals surface area contributed by atoms with Crippen molar-refractivity contribution < 1.29 is 28.1 Å². The SMILES string of the molecule is COc1ccc(Br)c(-c2nnc(N(CC[Si](C)(C)C)S(=O)(=O)[C@@H](C)[C@@H](OC(C)C)c3ncc(C)cn3)n2C(CO)CO)c1. The molecule has 2 atom stereocenters. The van der Waals surface area contributed by atoms with E-state index in [2.05, 4.69) is 55.7 Å². The summed E-state index contributed by atoms with van der Waals surface area (Å²) < 4.78 is 44.2. The van der Waals surface area contributed by atoms with Gasteiger partial charge in [0.15, 0.2) is 11.6 Å². The van der Waals surface area contributed by atoms with Crippen LogP contribution in [0.15, 0.2) is 35.1 Å². The molecule has 15 heteroatoms. The summed E-state index contributed by atoms with van der Waals surface area (Å²) in [5.74, 6) is 1.04. The van der Waals surface area contributed by atoms with Gasteiger partial charge in [-0.2, -0.15) is 0 Å². The highest BCUT2D eigenvalue weighted by Gasteiger charge is 2.41. The van der Waals surface area contributed by atoms with Crippen LogP contribution in [-0.4, -0.2) is 89.7 Å². The molecule has 3 rings (SSSR count). The van der Waals surface area contributed by atoms with E-state index in [1.807, 2.05) is 20.8 Å². The van der Waals surface area contributed by atoms with Gasteiger partial charge < -0.3 is 19.7 Å². The minimum Gasteiger partial charge on any atom is -0.497 e. The van der Waals surface area contributed by atoms with Crippen molar-refractivity contribution in [2.24, 2.45) is 0 Å². The molecule has 0 fully saturated rings. The van der Waals surface area contributed by atoms with Gasteiger partial charge in [-0.1, -0.05) is 35.6 Å². The van der Waals surface area contributed by atoms with E-state index in [0.717, 1.165) is 5.56 Å². The maximum absolute atomic E-state index is 14.6. The minimum absolute atomic E-state index is 0.0176. The van der Waals surface area contributed by atoms with Gasteiger partial charge in [0.05, 0.1) is 32.5 Å². The Morgan fingerprint density at radius 3 is 2.23 bits per heavy atom. The van der Waals surface area contributed by atoms with Crippen molar-refractivity contribution in [1.82, 2.24) is 24.7 Å². The lowest BCUT2D eigenvalue weighted by atomic mass is 10.2. The molecule has 0 unspecified atom stereocenters. The van der Waals surface area contributed by atoms with Gasteiger partial charge in [0.2, 0.25) is 16.0 Å². The number of ether oxygens (including phenoxy) is 2. The van der Waals surface area contributed by atoms with Crippen LogP contribution in [0.3, 0.4) is 0 Å². The Balaban J connectivity index is 2.26. The predicted molar refractivity (Wildman–Crippen MR) is 173 cm³/mol. The van der Waals surface area contributed by atoms with Gasteiger partial charge in [-0.25, -0.2) is 22.7 Å². The van der Waals surface area contributed by atoms with Crippen LogP contribution in [0, 0.1) is 6.92 Å². The molecule has 0 radical (unpaired) electrons. The fourth-order valence-electron chi connectivity index (χ4n) is 4.36. The van der Waals surface area contributed by atoms with Gasteiger partial charge in [0.1, 0.15) is 17.1 Å². The van der Waals surface area contributed by atoms with E-state index in [-0.39, 0.29) is 30.2 Å². The Hall–Kier alpha value is -2.43. The van der Waals surface area contributed by atoms with Crippen LogP contribution in [-0.2, 0) is 14.8 Å². The fraction of sp³-hybridized carbons (Fsp3) is 0.571. The molecule has 0 saturated carbocycles. The van der Waals surface area contributed by atoms with Gasteiger partial charge in [-0.3, -0.25) is 4.57 Å². The molecule has 43 heavy (non-hydrogen) atoms. The van der Waals surface area contributed by atoms with E-state index in [1.54, 1.807) is 37.5 Å². The van der Waals surface area contributed by atoms with Crippen LogP contribution >= 0.6 is 15.9 Å². The van der Waals surface area contributed by atoms with Gasteiger partial charge in [-0.05, 0) is 57.5 Å². The number of methoxy groups -OCH3 is 1.